The monoisotopic (exact) mass is 516 g/mol. The molecule has 2 aliphatic rings. The average Bonchev–Trinajstić information content (AvgIpc) is 3.33. The van der Waals surface area contributed by atoms with Crippen LogP contribution < -0.4 is 15.9 Å². The molecule has 0 amide bonds. The van der Waals surface area contributed by atoms with Crippen LogP contribution in [0.2, 0.25) is 5.04 Å². The Morgan fingerprint density at radius 2 is 1.59 bits per heavy atom. The largest absolute Gasteiger partial charge is 0.403 e. The van der Waals surface area contributed by atoms with Crippen molar-refractivity contribution in [2.75, 3.05) is 6.61 Å². The Morgan fingerprint density at radius 3 is 2.14 bits per heavy atom. The molecule has 0 saturated carbocycles. The van der Waals surface area contributed by atoms with Crippen molar-refractivity contribution in [3.05, 3.63) is 101 Å². The van der Waals surface area contributed by atoms with Crippen LogP contribution in [-0.2, 0) is 13.9 Å². The summed E-state index contributed by atoms with van der Waals surface area (Å²) in [6.45, 7) is 12.8. The second-order valence-electron chi connectivity index (χ2n) is 11.5. The molecule has 7 heteroatoms. The van der Waals surface area contributed by atoms with E-state index in [0.29, 0.717) is 12.3 Å². The fourth-order valence-electron chi connectivity index (χ4n) is 5.78. The van der Waals surface area contributed by atoms with Crippen molar-refractivity contribution in [2.45, 2.75) is 70.6 Å². The number of ether oxygens (including phenoxy) is 2. The molecule has 194 valence electrons. The van der Waals surface area contributed by atoms with E-state index in [-0.39, 0.29) is 28.8 Å². The van der Waals surface area contributed by atoms with Gasteiger partial charge < -0.3 is 13.9 Å². The third-order valence-electron chi connectivity index (χ3n) is 7.38. The van der Waals surface area contributed by atoms with Gasteiger partial charge in [0.05, 0.1) is 19.0 Å². The van der Waals surface area contributed by atoms with Crippen LogP contribution in [-0.4, -0.2) is 42.5 Å². The summed E-state index contributed by atoms with van der Waals surface area (Å²) in [6.07, 6.45) is 3.07. The summed E-state index contributed by atoms with van der Waals surface area (Å²) >= 11 is 0. The van der Waals surface area contributed by atoms with Gasteiger partial charge in [0, 0.05) is 11.8 Å². The van der Waals surface area contributed by atoms with Gasteiger partial charge in [0.15, 0.2) is 5.79 Å². The van der Waals surface area contributed by atoms with Gasteiger partial charge in [-0.2, -0.15) is 0 Å². The molecule has 0 N–H and O–H groups in total. The summed E-state index contributed by atoms with van der Waals surface area (Å²) in [6, 6.07) is 22.4. The second-order valence-corrected chi connectivity index (χ2v) is 15.8. The molecule has 0 unspecified atom stereocenters. The summed E-state index contributed by atoms with van der Waals surface area (Å²) in [4.78, 5) is 17.2. The van der Waals surface area contributed by atoms with Crippen LogP contribution in [0.1, 0.15) is 46.4 Å². The summed E-state index contributed by atoms with van der Waals surface area (Å²) in [5.41, 5.74) is 1.59. The number of hydrogen-bond donors (Lipinski definition) is 0. The first-order valence-electron chi connectivity index (χ1n) is 12.9. The van der Waals surface area contributed by atoms with E-state index in [9.17, 15) is 4.79 Å². The van der Waals surface area contributed by atoms with E-state index in [1.54, 1.807) is 17.0 Å². The van der Waals surface area contributed by atoms with Gasteiger partial charge >= 0.3 is 0 Å². The van der Waals surface area contributed by atoms with Gasteiger partial charge in [-0.1, -0.05) is 87.5 Å². The summed E-state index contributed by atoms with van der Waals surface area (Å²) in [5, 5.41) is 2.31. The lowest BCUT2D eigenvalue weighted by Gasteiger charge is -2.43. The first-order valence-corrected chi connectivity index (χ1v) is 14.8. The lowest BCUT2D eigenvalue weighted by molar-refractivity contribution is -0.148. The molecule has 2 aromatic carbocycles. The lowest BCUT2D eigenvalue weighted by Crippen LogP contribution is -2.66. The molecule has 37 heavy (non-hydrogen) atoms. The first-order chi connectivity index (χ1) is 17.5. The highest BCUT2D eigenvalue weighted by atomic mass is 28.4. The second kappa shape index (κ2) is 9.47. The molecule has 5 rings (SSSR count). The number of fused-ring (bicyclic) bond motifs is 1. The van der Waals surface area contributed by atoms with Crippen LogP contribution in [0.4, 0.5) is 0 Å². The van der Waals surface area contributed by atoms with Crippen molar-refractivity contribution in [2.24, 2.45) is 0 Å². The Hall–Kier alpha value is -2.84. The third kappa shape index (κ3) is 4.65. The fourth-order valence-corrected chi connectivity index (χ4v) is 10.3. The molecule has 6 nitrogen and oxygen atoms in total. The molecule has 1 aliphatic heterocycles. The first kappa shape index (κ1) is 25.8. The molecule has 3 aromatic rings. The van der Waals surface area contributed by atoms with E-state index in [1.165, 1.54) is 10.4 Å². The number of rotatable bonds is 6. The zero-order chi connectivity index (χ0) is 26.4. The third-order valence-corrected chi connectivity index (χ3v) is 12.4. The maximum atomic E-state index is 12.9. The highest BCUT2D eigenvalue weighted by molar-refractivity contribution is 6.99. The Labute approximate surface area is 220 Å². The minimum atomic E-state index is -2.73. The average molecular weight is 517 g/mol. The molecule has 0 radical (unpaired) electrons. The Morgan fingerprint density at radius 1 is 1.00 bits per heavy atom. The molecule has 1 aliphatic carbocycles. The molecule has 0 bridgehead atoms. The zero-order valence-corrected chi connectivity index (χ0v) is 23.5. The van der Waals surface area contributed by atoms with E-state index in [0.717, 1.165) is 5.57 Å². The van der Waals surface area contributed by atoms with Crippen molar-refractivity contribution in [3.8, 4) is 0 Å². The SMILES string of the molecule is Cc1cc(=O)n([C@@H]2C=C(CO[Si](c3ccccc3)(c3ccccc3)C(C)(C)C)[C@H]3OC(C)(C)O[C@H]32)cn1. The molecular formula is C30H36N2O4Si. The Balaban J connectivity index is 1.57. The Bertz CT molecular complexity index is 1310. The molecule has 1 fully saturated rings. The van der Waals surface area contributed by atoms with E-state index in [1.807, 2.05) is 32.9 Å². The molecule has 2 heterocycles. The molecule has 0 spiro atoms. The van der Waals surface area contributed by atoms with E-state index in [2.05, 4.69) is 80.4 Å². The standard InChI is InChI=1S/C30H36N2O4Si/c1-21-17-26(33)32(20-31-21)25-18-22(27-28(25)36-30(5,6)35-27)19-34-37(29(2,3)4,23-13-9-7-10-14-23)24-15-11-8-12-16-24/h7-18,20,25,27-28H,19H2,1-6H3/t25-,27-,28+/m1/s1. The van der Waals surface area contributed by atoms with E-state index < -0.39 is 14.1 Å². The van der Waals surface area contributed by atoms with Crippen LogP contribution in [0.25, 0.3) is 0 Å². The van der Waals surface area contributed by atoms with Gasteiger partial charge in [0.2, 0.25) is 0 Å². The van der Waals surface area contributed by atoms with E-state index >= 15 is 0 Å². The number of hydrogen-bond acceptors (Lipinski definition) is 5. The summed E-state index contributed by atoms with van der Waals surface area (Å²) < 4.78 is 21.5. The van der Waals surface area contributed by atoms with Gasteiger partial charge in [-0.05, 0) is 41.8 Å². The van der Waals surface area contributed by atoms with E-state index in [4.69, 9.17) is 13.9 Å². The van der Waals surface area contributed by atoms with Crippen LogP contribution in [0, 0.1) is 6.92 Å². The van der Waals surface area contributed by atoms with Gasteiger partial charge in [0.25, 0.3) is 13.9 Å². The lowest BCUT2D eigenvalue weighted by atomic mass is 10.1. The maximum Gasteiger partial charge on any atom is 0.261 e. The van der Waals surface area contributed by atoms with Gasteiger partial charge in [-0.25, -0.2) is 4.98 Å². The highest BCUT2D eigenvalue weighted by Crippen LogP contribution is 2.44. The van der Waals surface area contributed by atoms with Crippen molar-refractivity contribution in [1.82, 2.24) is 9.55 Å². The predicted octanol–water partition coefficient (Wildman–Crippen LogP) is 4.13. The quantitative estimate of drug-likeness (QED) is 0.364. The van der Waals surface area contributed by atoms with Crippen LogP contribution in [0.15, 0.2) is 89.5 Å². The van der Waals surface area contributed by atoms with Gasteiger partial charge in [-0.15, -0.1) is 0 Å². The molecule has 3 atom stereocenters. The van der Waals surface area contributed by atoms with Gasteiger partial charge in [-0.3, -0.25) is 9.36 Å². The molecule has 1 aromatic heterocycles. The Kier molecular flexibility index (Phi) is 6.60. The van der Waals surface area contributed by atoms with Crippen molar-refractivity contribution >= 4 is 18.7 Å². The van der Waals surface area contributed by atoms with Crippen LogP contribution in [0.3, 0.4) is 0 Å². The van der Waals surface area contributed by atoms with Crippen molar-refractivity contribution in [3.63, 3.8) is 0 Å². The normalized spacial score (nSPS) is 23.1. The topological polar surface area (TPSA) is 62.6 Å². The van der Waals surface area contributed by atoms with Crippen LogP contribution in [0.5, 0.6) is 0 Å². The smallest absolute Gasteiger partial charge is 0.261 e. The minimum Gasteiger partial charge on any atom is -0.403 e. The zero-order valence-electron chi connectivity index (χ0n) is 22.5. The molecule has 1 saturated heterocycles. The number of aryl methyl sites for hydroxylation is 1. The number of nitrogens with zero attached hydrogens (tertiary/aromatic N) is 2. The van der Waals surface area contributed by atoms with Crippen molar-refractivity contribution in [1.29, 1.82) is 0 Å². The number of benzene rings is 2. The predicted molar refractivity (Wildman–Crippen MR) is 148 cm³/mol. The fraction of sp³-hybridized carbons (Fsp3) is 0.400. The van der Waals surface area contributed by atoms with Crippen LogP contribution >= 0.6 is 0 Å². The summed E-state index contributed by atoms with van der Waals surface area (Å²) in [5.74, 6) is -0.758. The minimum absolute atomic E-state index is 0.102. The van der Waals surface area contributed by atoms with Crippen molar-refractivity contribution < 1.29 is 13.9 Å². The maximum absolute atomic E-state index is 12.9. The number of aromatic nitrogens is 2. The summed E-state index contributed by atoms with van der Waals surface area (Å²) in [7, 11) is -2.73. The highest BCUT2D eigenvalue weighted by Gasteiger charge is 2.53. The van der Waals surface area contributed by atoms with Gasteiger partial charge in [0.1, 0.15) is 12.2 Å². The molecular weight excluding hydrogens is 480 g/mol.